The van der Waals surface area contributed by atoms with Crippen LogP contribution in [0.15, 0.2) is 84.0 Å². The molecule has 0 saturated carbocycles. The Morgan fingerprint density at radius 2 is 1.77 bits per heavy atom. The number of benzene rings is 3. The average Bonchev–Trinajstić information content (AvgIpc) is 3.35. The summed E-state index contributed by atoms with van der Waals surface area (Å²) in [4.78, 5) is 5.88. The first-order valence-electron chi connectivity index (χ1n) is 10.5. The van der Waals surface area contributed by atoms with Crippen molar-refractivity contribution in [3.05, 3.63) is 95.3 Å². The number of nitrogens with zero attached hydrogens (tertiary/aromatic N) is 3. The summed E-state index contributed by atoms with van der Waals surface area (Å²) in [6, 6.07) is 18.6. The summed E-state index contributed by atoms with van der Waals surface area (Å²) < 4.78 is 75.1. The smallest absolute Gasteiger partial charge is 0.416 e. The lowest BCUT2D eigenvalue weighted by molar-refractivity contribution is -0.137. The number of sulfone groups is 1. The number of ether oxygens (including phenoxy) is 1. The fourth-order valence-electron chi connectivity index (χ4n) is 3.97. The van der Waals surface area contributed by atoms with Gasteiger partial charge in [0, 0.05) is 11.8 Å². The number of anilines is 2. The minimum Gasteiger partial charge on any atom is -0.489 e. The predicted octanol–water partition coefficient (Wildman–Crippen LogP) is 5.80. The number of hydrogen-bond donors (Lipinski definition) is 0. The van der Waals surface area contributed by atoms with Crippen molar-refractivity contribution in [2.75, 3.05) is 11.5 Å². The maximum absolute atomic E-state index is 13.1. The van der Waals surface area contributed by atoms with Crippen LogP contribution in [0.3, 0.4) is 0 Å². The highest BCUT2D eigenvalue weighted by Gasteiger charge is 2.33. The van der Waals surface area contributed by atoms with E-state index >= 15 is 0 Å². The van der Waals surface area contributed by atoms with Crippen LogP contribution in [0.25, 0.3) is 0 Å². The molecular formula is C24H18F3N3O3S2. The van der Waals surface area contributed by atoms with E-state index < -0.39 is 21.6 Å². The molecule has 2 heterocycles. The number of halogens is 3. The summed E-state index contributed by atoms with van der Waals surface area (Å²) in [6.45, 7) is 0.179. The number of fused-ring (bicyclic) bond motifs is 1. The second-order valence-corrected chi connectivity index (χ2v) is 10.7. The number of aromatic nitrogens is 2. The molecule has 6 nitrogen and oxygen atoms in total. The number of hydrogen-bond acceptors (Lipinski definition) is 7. The van der Waals surface area contributed by atoms with Gasteiger partial charge >= 0.3 is 6.18 Å². The highest BCUT2D eigenvalue weighted by atomic mass is 32.2. The molecule has 1 unspecified atom stereocenters. The predicted molar refractivity (Wildman–Crippen MR) is 126 cm³/mol. The van der Waals surface area contributed by atoms with Gasteiger partial charge in [-0.2, -0.15) is 17.5 Å². The van der Waals surface area contributed by atoms with Gasteiger partial charge in [0.05, 0.1) is 22.2 Å². The average molecular weight is 518 g/mol. The summed E-state index contributed by atoms with van der Waals surface area (Å²) >= 11 is 1.01. The van der Waals surface area contributed by atoms with Crippen molar-refractivity contribution in [2.45, 2.75) is 22.9 Å². The summed E-state index contributed by atoms with van der Waals surface area (Å²) in [6.07, 6.45) is -3.15. The topological polar surface area (TPSA) is 72.4 Å². The van der Waals surface area contributed by atoms with Gasteiger partial charge in [0.15, 0.2) is 9.84 Å². The molecule has 0 amide bonds. The highest BCUT2D eigenvalue weighted by molar-refractivity contribution is 7.90. The summed E-state index contributed by atoms with van der Waals surface area (Å²) in [5.74, 6) is 0.0431. The van der Waals surface area contributed by atoms with E-state index in [0.717, 1.165) is 29.2 Å². The van der Waals surface area contributed by atoms with Crippen molar-refractivity contribution in [1.82, 2.24) is 9.36 Å². The summed E-state index contributed by atoms with van der Waals surface area (Å²) in [5, 5.41) is 0.374. The van der Waals surface area contributed by atoms with Crippen LogP contribution in [-0.2, 0) is 21.8 Å². The van der Waals surface area contributed by atoms with Crippen LogP contribution in [0.4, 0.5) is 24.5 Å². The van der Waals surface area contributed by atoms with Crippen LogP contribution in [0.2, 0.25) is 0 Å². The second-order valence-electron chi connectivity index (χ2n) is 7.88. The Morgan fingerprint density at radius 1 is 1.03 bits per heavy atom. The minimum absolute atomic E-state index is 0.0666. The molecule has 0 fully saturated rings. The van der Waals surface area contributed by atoms with E-state index in [1.807, 2.05) is 35.2 Å². The fourth-order valence-corrected chi connectivity index (χ4v) is 6.08. The molecule has 1 aliphatic rings. The lowest BCUT2D eigenvalue weighted by Gasteiger charge is -2.39. The molecule has 0 N–H and O–H groups in total. The van der Waals surface area contributed by atoms with Gasteiger partial charge in [0.1, 0.15) is 29.4 Å². The molecule has 1 atom stereocenters. The highest BCUT2D eigenvalue weighted by Crippen LogP contribution is 2.45. The monoisotopic (exact) mass is 517 g/mol. The molecule has 180 valence electrons. The Kier molecular flexibility index (Phi) is 5.97. The van der Waals surface area contributed by atoms with Crippen LogP contribution < -0.4 is 9.64 Å². The third-order valence-corrected chi connectivity index (χ3v) is 8.10. The van der Waals surface area contributed by atoms with E-state index in [1.165, 1.54) is 30.6 Å². The van der Waals surface area contributed by atoms with Crippen LogP contribution in [0, 0.1) is 0 Å². The summed E-state index contributed by atoms with van der Waals surface area (Å²) in [7, 11) is -3.70. The minimum atomic E-state index is -4.45. The fraction of sp³-hybridized carbons (Fsp3) is 0.167. The number of rotatable bonds is 5. The van der Waals surface area contributed by atoms with Gasteiger partial charge in [-0.3, -0.25) is 0 Å². The zero-order chi connectivity index (χ0) is 24.6. The Balaban J connectivity index is 1.56. The van der Waals surface area contributed by atoms with Gasteiger partial charge in [-0.1, -0.05) is 30.3 Å². The van der Waals surface area contributed by atoms with Gasteiger partial charge in [-0.25, -0.2) is 13.4 Å². The van der Waals surface area contributed by atoms with E-state index in [2.05, 4.69) is 9.36 Å². The Bertz CT molecular complexity index is 1430. The van der Waals surface area contributed by atoms with Crippen LogP contribution >= 0.6 is 11.5 Å². The molecule has 1 aliphatic heterocycles. The quantitative estimate of drug-likeness (QED) is 0.333. The molecule has 35 heavy (non-hydrogen) atoms. The lowest BCUT2D eigenvalue weighted by atomic mass is 10.0. The summed E-state index contributed by atoms with van der Waals surface area (Å²) in [5.41, 5.74) is 1.25. The van der Waals surface area contributed by atoms with Crippen molar-refractivity contribution in [3.8, 4) is 5.75 Å². The molecule has 4 aromatic rings. The van der Waals surface area contributed by atoms with Crippen LogP contribution in [0.5, 0.6) is 5.75 Å². The number of alkyl halides is 3. The van der Waals surface area contributed by atoms with E-state index in [9.17, 15) is 21.6 Å². The first-order chi connectivity index (χ1) is 16.7. The van der Waals surface area contributed by atoms with Crippen molar-refractivity contribution in [2.24, 2.45) is 0 Å². The van der Waals surface area contributed by atoms with Gasteiger partial charge in [-0.05, 0) is 53.5 Å². The zero-order valence-electron chi connectivity index (χ0n) is 18.0. The Hall–Kier alpha value is -3.44. The van der Waals surface area contributed by atoms with Gasteiger partial charge in [0.2, 0.25) is 0 Å². The first-order valence-corrected chi connectivity index (χ1v) is 12.9. The van der Waals surface area contributed by atoms with Gasteiger partial charge in [0.25, 0.3) is 0 Å². The van der Waals surface area contributed by atoms with Gasteiger partial charge in [-0.15, -0.1) is 0 Å². The van der Waals surface area contributed by atoms with E-state index in [1.54, 1.807) is 6.07 Å². The Labute approximate surface area is 203 Å². The standard InChI is InChI=1S/C24H18F3N3O3S2/c25-24(26,27)17-6-8-18(9-7-17)30-20-11-10-19(35(31,32)14-23-28-15-29-34-23)12-22(20)33-13-21(30)16-4-2-1-3-5-16/h1-12,15,21H,13-14H2. The van der Waals surface area contributed by atoms with Crippen molar-refractivity contribution >= 4 is 32.7 Å². The molecule has 0 spiro atoms. The molecule has 5 rings (SSSR count). The maximum Gasteiger partial charge on any atom is 0.416 e. The molecule has 0 aliphatic carbocycles. The molecule has 0 radical (unpaired) electrons. The largest absolute Gasteiger partial charge is 0.489 e. The maximum atomic E-state index is 13.1. The molecule has 11 heteroatoms. The Morgan fingerprint density at radius 3 is 2.43 bits per heavy atom. The second kappa shape index (κ2) is 8.97. The van der Waals surface area contributed by atoms with Crippen LogP contribution in [-0.4, -0.2) is 24.4 Å². The zero-order valence-corrected chi connectivity index (χ0v) is 19.6. The van der Waals surface area contributed by atoms with Gasteiger partial charge < -0.3 is 9.64 Å². The van der Waals surface area contributed by atoms with Crippen molar-refractivity contribution in [3.63, 3.8) is 0 Å². The third-order valence-electron chi connectivity index (χ3n) is 5.64. The molecular weight excluding hydrogens is 499 g/mol. The lowest BCUT2D eigenvalue weighted by Crippen LogP contribution is -2.33. The van der Waals surface area contributed by atoms with Crippen LogP contribution in [0.1, 0.15) is 22.2 Å². The molecule has 0 saturated heterocycles. The molecule has 3 aromatic carbocycles. The van der Waals surface area contributed by atoms with E-state index in [0.29, 0.717) is 22.1 Å². The third kappa shape index (κ3) is 4.73. The SMILES string of the molecule is O=S(=O)(Cc1ncns1)c1ccc2c(c1)OCC(c1ccccc1)N2c1ccc(C(F)(F)F)cc1. The van der Waals surface area contributed by atoms with E-state index in [4.69, 9.17) is 4.74 Å². The normalized spacial score (nSPS) is 16.0. The van der Waals surface area contributed by atoms with Crippen molar-refractivity contribution < 1.29 is 26.3 Å². The molecule has 0 bridgehead atoms. The van der Waals surface area contributed by atoms with Crippen molar-refractivity contribution in [1.29, 1.82) is 0 Å². The first kappa shape index (κ1) is 23.3. The molecule has 1 aromatic heterocycles. The van der Waals surface area contributed by atoms with E-state index in [-0.39, 0.29) is 23.3 Å².